The Labute approximate surface area is 153 Å². The molecular weight excluding hydrogens is 369 g/mol. The molecule has 0 spiro atoms. The molecule has 1 fully saturated rings. The average Bonchev–Trinajstić information content (AvgIpc) is 2.80. The second kappa shape index (κ2) is 7.86. The predicted molar refractivity (Wildman–Crippen MR) is 87.0 cm³/mol. The molecule has 11 nitrogen and oxygen atoms in total. The quantitative estimate of drug-likeness (QED) is 0.327. The monoisotopic (exact) mass is 392 g/mol. The first-order valence-electron chi connectivity index (χ1n) is 8.51. The number of H-pyrrole nitrogens is 1. The number of rotatable bonds is 6. The molecule has 152 valence electrons. The number of carbonyl (C=O) groups is 1. The molecule has 6 N–H and O–H groups in total. The van der Waals surface area contributed by atoms with Crippen molar-refractivity contribution in [2.24, 2.45) is 11.7 Å². The minimum absolute atomic E-state index is 0.302. The molecule has 0 radical (unpaired) electrons. The van der Waals surface area contributed by atoms with Crippen LogP contribution >= 0.6 is 0 Å². The van der Waals surface area contributed by atoms with Crippen LogP contribution in [0.4, 0.5) is 4.39 Å². The number of aliphatic hydroxyl groups is 3. The van der Waals surface area contributed by atoms with Crippen molar-refractivity contribution >= 4 is 5.97 Å². The zero-order valence-electron chi connectivity index (χ0n) is 15.6. The number of aromatic amines is 1. The molecule has 0 unspecified atom stereocenters. The van der Waals surface area contributed by atoms with Gasteiger partial charge in [-0.15, -0.1) is 0 Å². The van der Waals surface area contributed by atoms with Crippen LogP contribution in [0.1, 0.15) is 27.0 Å². The number of carbonyl (C=O) groups excluding carboxylic acids is 1. The van der Waals surface area contributed by atoms with Crippen LogP contribution in [0.3, 0.4) is 0 Å². The van der Waals surface area contributed by atoms with Crippen LogP contribution in [0.5, 0.6) is 0 Å². The smallest absolute Gasteiger partial charge is 0.330 e. The topological polar surface area (TPSA) is 177 Å². The molecule has 0 aromatic carbocycles. The Morgan fingerprint density at radius 3 is 2.74 bits per heavy atom. The molecule has 1 aromatic heterocycles. The van der Waals surface area contributed by atoms with Gasteiger partial charge >= 0.3 is 11.7 Å². The van der Waals surface area contributed by atoms with E-state index in [1.807, 2.05) is 0 Å². The summed E-state index contributed by atoms with van der Waals surface area (Å²) in [6.07, 6.45) is -6.93. The van der Waals surface area contributed by atoms with E-state index in [-0.39, 0.29) is 11.5 Å². The number of aromatic nitrogens is 2. The lowest BCUT2D eigenvalue weighted by atomic mass is 10.1. The van der Waals surface area contributed by atoms with Crippen LogP contribution in [0.25, 0.3) is 0 Å². The second-order valence-corrected chi connectivity index (χ2v) is 6.44. The number of esters is 1. The Bertz CT molecular complexity index is 860. The second-order valence-electron chi connectivity index (χ2n) is 6.44. The number of nitrogens with one attached hydrogen (secondary N) is 1. The van der Waals surface area contributed by atoms with Gasteiger partial charge in [0.15, 0.2) is 12.8 Å². The third-order valence-electron chi connectivity index (χ3n) is 4.09. The molecule has 27 heavy (non-hydrogen) atoms. The number of aliphatic hydroxyl groups excluding tert-OH is 3. The van der Waals surface area contributed by atoms with E-state index in [0.29, 0.717) is 10.8 Å². The number of nitrogens with two attached hydrogens (primary N) is 1. The highest BCUT2D eigenvalue weighted by atomic mass is 19.2. The zero-order valence-corrected chi connectivity index (χ0v) is 14.6. The third kappa shape index (κ3) is 4.09. The van der Waals surface area contributed by atoms with Crippen molar-refractivity contribution in [1.82, 2.24) is 9.55 Å². The molecule has 1 saturated heterocycles. The van der Waals surface area contributed by atoms with Gasteiger partial charge in [-0.1, -0.05) is 13.8 Å². The summed E-state index contributed by atoms with van der Waals surface area (Å²) >= 11 is 0. The molecule has 2 rings (SSSR count). The van der Waals surface area contributed by atoms with Crippen LogP contribution in [0.2, 0.25) is 0 Å². The summed E-state index contributed by atoms with van der Waals surface area (Å²) < 4.78 is 33.0. The number of nitrogens with zero attached hydrogens (tertiary/aromatic N) is 1. The number of alkyl halides is 1. The number of ether oxygens (including phenoxy) is 2. The van der Waals surface area contributed by atoms with Crippen LogP contribution in [-0.4, -0.2) is 61.6 Å². The molecule has 0 amide bonds. The van der Waals surface area contributed by atoms with E-state index in [4.69, 9.17) is 21.7 Å². The maximum atomic E-state index is 15.0. The minimum Gasteiger partial charge on any atom is -0.458 e. The molecular formula is C15H22FN3O8. The first-order chi connectivity index (χ1) is 12.9. The van der Waals surface area contributed by atoms with Crippen molar-refractivity contribution in [2.75, 3.05) is 6.61 Å². The van der Waals surface area contributed by atoms with Gasteiger partial charge in [-0.25, -0.2) is 9.18 Å². The average molecular weight is 392 g/mol. The highest BCUT2D eigenvalue weighted by Crippen LogP contribution is 2.38. The Morgan fingerprint density at radius 1 is 1.56 bits per heavy atom. The summed E-state index contributed by atoms with van der Waals surface area (Å²) in [5.74, 6) is -4.57. The van der Waals surface area contributed by atoms with Gasteiger partial charge in [0.1, 0.15) is 18.2 Å². The zero-order chi connectivity index (χ0) is 21.4. The molecule has 0 saturated carbocycles. The maximum Gasteiger partial charge on any atom is 0.330 e. The molecule has 12 heteroatoms. The summed E-state index contributed by atoms with van der Waals surface area (Å²) in [5.41, 5.74) is 2.98. The summed E-state index contributed by atoms with van der Waals surface area (Å²) in [4.78, 5) is 37.1. The van der Waals surface area contributed by atoms with Crippen molar-refractivity contribution in [2.45, 2.75) is 50.8 Å². The van der Waals surface area contributed by atoms with Crippen molar-refractivity contribution in [3.05, 3.63) is 32.6 Å². The van der Waals surface area contributed by atoms with Crippen LogP contribution in [-0.2, 0) is 20.9 Å². The minimum atomic E-state index is -3.25. The Balaban J connectivity index is 2.34. The summed E-state index contributed by atoms with van der Waals surface area (Å²) in [7, 11) is 0. The third-order valence-corrected chi connectivity index (χ3v) is 4.09. The van der Waals surface area contributed by atoms with E-state index in [0.717, 1.165) is 0 Å². The molecule has 1 aliphatic rings. The lowest BCUT2D eigenvalue weighted by Gasteiger charge is -2.24. The Morgan fingerprint density at radius 2 is 2.19 bits per heavy atom. The molecule has 0 bridgehead atoms. The number of halogens is 1. The highest BCUT2D eigenvalue weighted by molar-refractivity contribution is 5.75. The van der Waals surface area contributed by atoms with E-state index in [2.05, 4.69) is 0 Å². The summed E-state index contributed by atoms with van der Waals surface area (Å²) in [6, 6.07) is -1.08. The lowest BCUT2D eigenvalue weighted by molar-refractivity contribution is -0.217. The molecule has 0 aliphatic carbocycles. The van der Waals surface area contributed by atoms with Crippen LogP contribution in [0, 0.1) is 5.92 Å². The van der Waals surface area contributed by atoms with Crippen molar-refractivity contribution < 1.29 is 35.3 Å². The van der Waals surface area contributed by atoms with Crippen molar-refractivity contribution in [3.8, 4) is 0 Å². The van der Waals surface area contributed by atoms with E-state index in [1.54, 1.807) is 18.8 Å². The number of hydrogen-bond acceptors (Lipinski definition) is 9. The van der Waals surface area contributed by atoms with Crippen molar-refractivity contribution in [3.63, 3.8) is 0 Å². The molecule has 1 aliphatic heterocycles. The Hall–Kier alpha value is -2.12. The van der Waals surface area contributed by atoms with Crippen molar-refractivity contribution in [1.29, 1.82) is 0 Å². The first kappa shape index (κ1) is 19.6. The molecule has 2 heterocycles. The van der Waals surface area contributed by atoms with Gasteiger partial charge in [0.2, 0.25) is 0 Å². The SMILES string of the molecule is [2H][C@@]1(n2cc(CO)c(=O)[nH]c2=O)O[C@](F)(COC(=O)[C@@H](N)C(C)C)[C@@H](O)[C@H]1O. The van der Waals surface area contributed by atoms with Gasteiger partial charge in [0.05, 0.1) is 13.5 Å². The number of hydrogen-bond donors (Lipinski definition) is 5. The highest BCUT2D eigenvalue weighted by Gasteiger charge is 2.57. The van der Waals surface area contributed by atoms with Crippen LogP contribution in [0.15, 0.2) is 15.8 Å². The summed E-state index contributed by atoms with van der Waals surface area (Å²) in [5, 5.41) is 29.3. The largest absolute Gasteiger partial charge is 0.458 e. The first-order valence-corrected chi connectivity index (χ1v) is 8.01. The maximum absolute atomic E-state index is 15.0. The molecule has 5 atom stereocenters. The van der Waals surface area contributed by atoms with E-state index in [9.17, 15) is 24.6 Å². The van der Waals surface area contributed by atoms with Gasteiger partial charge in [-0.2, -0.15) is 0 Å². The van der Waals surface area contributed by atoms with Gasteiger partial charge in [0.25, 0.3) is 11.4 Å². The van der Waals surface area contributed by atoms with Gasteiger partial charge in [-0.3, -0.25) is 19.1 Å². The lowest BCUT2D eigenvalue weighted by Crippen LogP contribution is -2.46. The molecule has 1 aromatic rings. The van der Waals surface area contributed by atoms with E-state index >= 15 is 4.39 Å². The predicted octanol–water partition coefficient (Wildman–Crippen LogP) is -2.53. The normalized spacial score (nSPS) is 32.4. The van der Waals surface area contributed by atoms with Crippen LogP contribution < -0.4 is 17.0 Å². The van der Waals surface area contributed by atoms with Gasteiger partial charge < -0.3 is 30.5 Å². The Kier molecular flexibility index (Phi) is 5.72. The fourth-order valence-corrected chi connectivity index (χ4v) is 2.30. The standard InChI is InChI=1S/C15H22FN3O8/c1-6(2)8(17)13(24)26-5-15(16)10(22)9(21)12(27-15)19-3-7(4-20)11(23)18-14(19)25/h3,6,8-10,12,20-22H,4-5,17H2,1-2H3,(H,18,23,25)/t8-,9+,10-,12+,15+/m0/s1/i12D. The summed E-state index contributed by atoms with van der Waals surface area (Å²) in [6.45, 7) is 1.21. The van der Waals surface area contributed by atoms with Gasteiger partial charge in [-0.05, 0) is 5.92 Å². The van der Waals surface area contributed by atoms with E-state index in [1.165, 1.54) is 0 Å². The fraction of sp³-hybridized carbons (Fsp3) is 0.667. The van der Waals surface area contributed by atoms with E-state index < -0.39 is 60.7 Å². The van der Waals surface area contributed by atoms with Gasteiger partial charge in [0, 0.05) is 6.20 Å². The fourth-order valence-electron chi connectivity index (χ4n) is 2.30.